The van der Waals surface area contributed by atoms with Gasteiger partial charge in [-0.3, -0.25) is 0 Å². The maximum Gasteiger partial charge on any atom is -0.0169 e. The summed E-state index contributed by atoms with van der Waals surface area (Å²) in [6.07, 6.45) is 16.0. The predicted octanol–water partition coefficient (Wildman–Crippen LogP) is 4.29. The van der Waals surface area contributed by atoms with Gasteiger partial charge in [-0.05, 0) is 32.6 Å². The molecule has 0 bridgehead atoms. The molecule has 0 aromatic rings. The van der Waals surface area contributed by atoms with Gasteiger partial charge in [-0.15, -0.1) is 0 Å². The average Bonchev–Trinajstić information content (AvgIpc) is 2.10. The van der Waals surface area contributed by atoms with Gasteiger partial charge < -0.3 is 0 Å². The molecule has 0 amide bonds. The Balaban J connectivity index is 3.08. The summed E-state index contributed by atoms with van der Waals surface area (Å²) in [7, 11) is 0. The van der Waals surface area contributed by atoms with Crippen LogP contribution in [0.15, 0.2) is 24.3 Å². The van der Waals surface area contributed by atoms with Crippen LogP contribution in [-0.4, -0.2) is 0 Å². The molecule has 0 fully saturated rings. The fourth-order valence-corrected chi connectivity index (χ4v) is 1.02. The standard InChI is InChI=1S/C12H21/c1-3-5-7-9-11-12-10-8-6-4-2/h5,7,11-12H,1,3-4,6,8-10H2,2H3. The first-order chi connectivity index (χ1) is 5.91. The normalized spacial score (nSPS) is 11.8. The van der Waals surface area contributed by atoms with Gasteiger partial charge in [-0.2, -0.15) is 0 Å². The quantitative estimate of drug-likeness (QED) is 0.390. The molecule has 0 saturated heterocycles. The highest BCUT2D eigenvalue weighted by atomic mass is 13.9. The molecule has 0 aromatic carbocycles. The summed E-state index contributed by atoms with van der Waals surface area (Å²) in [5.74, 6) is 0. The zero-order chi connectivity index (χ0) is 9.07. The molecule has 0 nitrogen and oxygen atoms in total. The van der Waals surface area contributed by atoms with Crippen molar-refractivity contribution in [2.75, 3.05) is 0 Å². The van der Waals surface area contributed by atoms with Crippen molar-refractivity contribution in [2.24, 2.45) is 0 Å². The third-order valence-corrected chi connectivity index (χ3v) is 1.75. The molecular formula is C12H21. The molecule has 0 heteroatoms. The van der Waals surface area contributed by atoms with Gasteiger partial charge in [0.25, 0.3) is 0 Å². The maximum atomic E-state index is 3.73. The third-order valence-electron chi connectivity index (χ3n) is 1.75. The number of hydrogen-bond acceptors (Lipinski definition) is 0. The number of unbranched alkanes of at least 4 members (excludes halogenated alkanes) is 3. The zero-order valence-electron chi connectivity index (χ0n) is 8.26. The minimum Gasteiger partial charge on any atom is -0.0882 e. The Bertz CT molecular complexity index is 120. The molecule has 0 aliphatic carbocycles. The van der Waals surface area contributed by atoms with Gasteiger partial charge in [0.1, 0.15) is 0 Å². The molecule has 1 radical (unpaired) electrons. The van der Waals surface area contributed by atoms with Crippen LogP contribution < -0.4 is 0 Å². The molecular weight excluding hydrogens is 144 g/mol. The van der Waals surface area contributed by atoms with E-state index in [2.05, 4.69) is 38.2 Å². The van der Waals surface area contributed by atoms with Gasteiger partial charge in [0.05, 0.1) is 0 Å². The minimum atomic E-state index is 0.906. The molecule has 0 atom stereocenters. The molecule has 0 spiro atoms. The lowest BCUT2D eigenvalue weighted by molar-refractivity contribution is 0.728. The highest BCUT2D eigenvalue weighted by Gasteiger charge is 1.80. The summed E-state index contributed by atoms with van der Waals surface area (Å²) >= 11 is 0. The van der Waals surface area contributed by atoms with Crippen LogP contribution in [0.3, 0.4) is 0 Å². The first kappa shape index (κ1) is 11.5. The van der Waals surface area contributed by atoms with Crippen molar-refractivity contribution in [2.45, 2.75) is 45.4 Å². The lowest BCUT2D eigenvalue weighted by Crippen LogP contribution is -1.70. The van der Waals surface area contributed by atoms with Crippen molar-refractivity contribution in [1.29, 1.82) is 0 Å². The largest absolute Gasteiger partial charge is 0.0882 e. The highest BCUT2D eigenvalue weighted by molar-refractivity contribution is 4.92. The summed E-state index contributed by atoms with van der Waals surface area (Å²) in [6, 6.07) is 0. The van der Waals surface area contributed by atoms with Gasteiger partial charge in [0.2, 0.25) is 0 Å². The van der Waals surface area contributed by atoms with E-state index in [4.69, 9.17) is 0 Å². The van der Waals surface area contributed by atoms with Crippen LogP contribution in [0.2, 0.25) is 0 Å². The van der Waals surface area contributed by atoms with Crippen LogP contribution in [0.25, 0.3) is 0 Å². The molecule has 12 heavy (non-hydrogen) atoms. The van der Waals surface area contributed by atoms with E-state index in [1.807, 2.05) is 0 Å². The fraction of sp³-hybridized carbons (Fsp3) is 0.583. The van der Waals surface area contributed by atoms with E-state index in [1.54, 1.807) is 0 Å². The zero-order valence-corrected chi connectivity index (χ0v) is 8.26. The molecule has 0 aromatic heterocycles. The van der Waals surface area contributed by atoms with E-state index >= 15 is 0 Å². The van der Waals surface area contributed by atoms with Gasteiger partial charge in [0, 0.05) is 0 Å². The SMILES string of the molecule is [CH2]CC=CCC=CCCCCC. The lowest BCUT2D eigenvalue weighted by Gasteiger charge is -1.90. The average molecular weight is 165 g/mol. The van der Waals surface area contributed by atoms with Gasteiger partial charge in [-0.1, -0.05) is 44.1 Å². The van der Waals surface area contributed by atoms with E-state index in [0.29, 0.717) is 0 Å². The molecule has 69 valence electrons. The number of hydrogen-bond donors (Lipinski definition) is 0. The topological polar surface area (TPSA) is 0 Å². The smallest absolute Gasteiger partial charge is 0.0169 e. The van der Waals surface area contributed by atoms with E-state index in [0.717, 1.165) is 12.8 Å². The Hall–Kier alpha value is -0.520. The van der Waals surface area contributed by atoms with Crippen molar-refractivity contribution in [3.05, 3.63) is 31.2 Å². The van der Waals surface area contributed by atoms with E-state index in [1.165, 1.54) is 25.7 Å². The second-order valence-electron chi connectivity index (χ2n) is 2.96. The van der Waals surface area contributed by atoms with E-state index in [-0.39, 0.29) is 0 Å². The second kappa shape index (κ2) is 10.5. The molecule has 0 rings (SSSR count). The molecule has 0 aliphatic rings. The Morgan fingerprint density at radius 3 is 2.42 bits per heavy atom. The first-order valence-corrected chi connectivity index (χ1v) is 5.01. The Kier molecular flexibility index (Phi) is 10.0. The van der Waals surface area contributed by atoms with Gasteiger partial charge >= 0.3 is 0 Å². The summed E-state index contributed by atoms with van der Waals surface area (Å²) in [5, 5.41) is 0. The predicted molar refractivity (Wildman–Crippen MR) is 57.0 cm³/mol. The van der Waals surface area contributed by atoms with Crippen LogP contribution in [0.5, 0.6) is 0 Å². The molecule has 0 heterocycles. The van der Waals surface area contributed by atoms with Crippen LogP contribution in [-0.2, 0) is 0 Å². The summed E-state index contributed by atoms with van der Waals surface area (Å²) in [5.41, 5.74) is 0. The molecule has 0 N–H and O–H groups in total. The van der Waals surface area contributed by atoms with E-state index in [9.17, 15) is 0 Å². The summed E-state index contributed by atoms with van der Waals surface area (Å²) < 4.78 is 0. The Morgan fingerprint density at radius 2 is 1.75 bits per heavy atom. The number of allylic oxidation sites excluding steroid dienone is 4. The first-order valence-electron chi connectivity index (χ1n) is 5.01. The number of rotatable bonds is 7. The molecule has 0 saturated carbocycles. The summed E-state index contributed by atoms with van der Waals surface area (Å²) in [6.45, 7) is 5.97. The second-order valence-corrected chi connectivity index (χ2v) is 2.96. The van der Waals surface area contributed by atoms with Crippen LogP contribution in [0, 0.1) is 6.92 Å². The van der Waals surface area contributed by atoms with Crippen molar-refractivity contribution >= 4 is 0 Å². The van der Waals surface area contributed by atoms with Crippen molar-refractivity contribution in [3.63, 3.8) is 0 Å². The van der Waals surface area contributed by atoms with Crippen LogP contribution in [0.1, 0.15) is 45.4 Å². The van der Waals surface area contributed by atoms with Crippen molar-refractivity contribution in [1.82, 2.24) is 0 Å². The highest BCUT2D eigenvalue weighted by Crippen LogP contribution is 2.00. The van der Waals surface area contributed by atoms with Gasteiger partial charge in [0.15, 0.2) is 0 Å². The third kappa shape index (κ3) is 9.48. The summed E-state index contributed by atoms with van der Waals surface area (Å²) in [4.78, 5) is 0. The molecule has 0 aliphatic heterocycles. The fourth-order valence-electron chi connectivity index (χ4n) is 1.02. The monoisotopic (exact) mass is 165 g/mol. The Morgan fingerprint density at radius 1 is 1.00 bits per heavy atom. The van der Waals surface area contributed by atoms with Gasteiger partial charge in [-0.25, -0.2) is 0 Å². The van der Waals surface area contributed by atoms with E-state index < -0.39 is 0 Å². The van der Waals surface area contributed by atoms with Crippen molar-refractivity contribution < 1.29 is 0 Å². The van der Waals surface area contributed by atoms with Crippen LogP contribution in [0.4, 0.5) is 0 Å². The lowest BCUT2D eigenvalue weighted by atomic mass is 10.2. The molecule has 0 unspecified atom stereocenters. The van der Waals surface area contributed by atoms with Crippen molar-refractivity contribution in [3.8, 4) is 0 Å². The Labute approximate surface area is 77.4 Å². The maximum absolute atomic E-state index is 3.73. The minimum absolute atomic E-state index is 0.906. The van der Waals surface area contributed by atoms with Crippen LogP contribution >= 0.6 is 0 Å².